The Morgan fingerprint density at radius 2 is 1.59 bits per heavy atom. The third-order valence-corrected chi connectivity index (χ3v) is 2.87. The second kappa shape index (κ2) is 4.67. The van der Waals surface area contributed by atoms with Crippen LogP contribution in [0.3, 0.4) is 0 Å². The summed E-state index contributed by atoms with van der Waals surface area (Å²) in [7, 11) is 0. The number of hydrogen-bond donors (Lipinski definition) is 1. The van der Waals surface area contributed by atoms with Gasteiger partial charge in [-0.3, -0.25) is 14.9 Å². The number of nitrogens with zero attached hydrogens (tertiary/aromatic N) is 1. The molecular formula is C13H16N2O2. The van der Waals surface area contributed by atoms with E-state index in [1.807, 2.05) is 24.3 Å². The molecule has 0 spiro atoms. The first-order chi connectivity index (χ1) is 8.09. The van der Waals surface area contributed by atoms with E-state index >= 15 is 0 Å². The van der Waals surface area contributed by atoms with E-state index in [0.717, 1.165) is 0 Å². The van der Waals surface area contributed by atoms with Crippen LogP contribution in [0.15, 0.2) is 24.3 Å². The zero-order valence-electron chi connectivity index (χ0n) is 10.1. The topological polar surface area (TPSA) is 49.4 Å². The first kappa shape index (κ1) is 11.8. The van der Waals surface area contributed by atoms with Crippen molar-refractivity contribution < 1.29 is 9.59 Å². The molecule has 0 aromatic heterocycles. The Morgan fingerprint density at radius 1 is 1.06 bits per heavy atom. The number of rotatable bonds is 2. The Hall–Kier alpha value is -1.68. The van der Waals surface area contributed by atoms with E-state index in [1.165, 1.54) is 10.5 Å². The van der Waals surface area contributed by atoms with Crippen LogP contribution in [0.2, 0.25) is 0 Å². The summed E-state index contributed by atoms with van der Waals surface area (Å²) in [6, 6.07) is 7.58. The molecule has 1 aliphatic rings. The number of imide groups is 1. The zero-order valence-corrected chi connectivity index (χ0v) is 10.1. The second-order valence-corrected chi connectivity index (χ2v) is 4.47. The fourth-order valence-corrected chi connectivity index (χ4v) is 1.87. The predicted molar refractivity (Wildman–Crippen MR) is 65.9 cm³/mol. The average molecular weight is 232 g/mol. The minimum Gasteiger partial charge on any atom is -0.300 e. The summed E-state index contributed by atoms with van der Waals surface area (Å²) in [5.41, 5.74) is 1.86. The van der Waals surface area contributed by atoms with Crippen LogP contribution in [0.25, 0.3) is 0 Å². The van der Waals surface area contributed by atoms with E-state index in [9.17, 15) is 9.59 Å². The highest BCUT2D eigenvalue weighted by molar-refractivity contribution is 6.17. The Balaban J connectivity index is 2.26. The molecule has 0 aliphatic carbocycles. The van der Waals surface area contributed by atoms with Gasteiger partial charge in [0.2, 0.25) is 11.8 Å². The lowest BCUT2D eigenvalue weighted by Gasteiger charge is -2.25. The van der Waals surface area contributed by atoms with Crippen molar-refractivity contribution in [2.75, 3.05) is 18.0 Å². The fourth-order valence-electron chi connectivity index (χ4n) is 1.87. The van der Waals surface area contributed by atoms with E-state index in [0.29, 0.717) is 11.6 Å². The van der Waals surface area contributed by atoms with Gasteiger partial charge in [0, 0.05) is 0 Å². The van der Waals surface area contributed by atoms with Crippen LogP contribution < -0.4 is 10.2 Å². The van der Waals surface area contributed by atoms with Crippen molar-refractivity contribution in [1.82, 2.24) is 5.32 Å². The van der Waals surface area contributed by atoms with Gasteiger partial charge in [0.15, 0.2) is 0 Å². The summed E-state index contributed by atoms with van der Waals surface area (Å²) in [5, 5.41) is 2.77. The normalized spacial score (nSPS) is 16.8. The van der Waals surface area contributed by atoms with Gasteiger partial charge in [0.1, 0.15) is 0 Å². The van der Waals surface area contributed by atoms with Gasteiger partial charge in [-0.1, -0.05) is 26.0 Å². The number of hydrogen-bond acceptors (Lipinski definition) is 3. The summed E-state index contributed by atoms with van der Waals surface area (Å²) in [4.78, 5) is 24.6. The SMILES string of the molecule is CC(C)c1ccc(N2C(=O)CNCC2=O)cc1. The lowest BCUT2D eigenvalue weighted by Crippen LogP contribution is -2.52. The Morgan fingerprint density at radius 3 is 2.06 bits per heavy atom. The van der Waals surface area contributed by atoms with Crippen molar-refractivity contribution in [3.63, 3.8) is 0 Å². The van der Waals surface area contributed by atoms with Crippen LogP contribution in [0.1, 0.15) is 25.3 Å². The molecule has 4 heteroatoms. The lowest BCUT2D eigenvalue weighted by atomic mass is 10.0. The maximum Gasteiger partial charge on any atom is 0.247 e. The molecule has 0 radical (unpaired) electrons. The Bertz CT molecular complexity index is 421. The van der Waals surface area contributed by atoms with E-state index in [1.54, 1.807) is 0 Å². The minimum absolute atomic E-state index is 0.196. The van der Waals surface area contributed by atoms with Crippen LogP contribution in [0.4, 0.5) is 5.69 Å². The highest BCUT2D eigenvalue weighted by Crippen LogP contribution is 2.21. The second-order valence-electron chi connectivity index (χ2n) is 4.47. The Kier molecular flexibility index (Phi) is 3.24. The van der Waals surface area contributed by atoms with Gasteiger partial charge in [-0.2, -0.15) is 0 Å². The predicted octanol–water partition coefficient (Wildman–Crippen LogP) is 1.27. The summed E-state index contributed by atoms with van der Waals surface area (Å²) in [5.74, 6) is 0.0515. The first-order valence-corrected chi connectivity index (χ1v) is 5.76. The van der Waals surface area contributed by atoms with Gasteiger partial charge in [-0.15, -0.1) is 0 Å². The van der Waals surface area contributed by atoms with Crippen LogP contribution >= 0.6 is 0 Å². The molecule has 1 aromatic carbocycles. The monoisotopic (exact) mass is 232 g/mol. The molecule has 1 N–H and O–H groups in total. The molecule has 1 fully saturated rings. The van der Waals surface area contributed by atoms with Crippen molar-refractivity contribution in [1.29, 1.82) is 0 Å². The highest BCUT2D eigenvalue weighted by atomic mass is 16.2. The van der Waals surface area contributed by atoms with Gasteiger partial charge in [-0.25, -0.2) is 4.90 Å². The third-order valence-electron chi connectivity index (χ3n) is 2.87. The summed E-state index contributed by atoms with van der Waals surface area (Å²) in [6.07, 6.45) is 0. The molecule has 0 atom stereocenters. The van der Waals surface area contributed by atoms with Crippen molar-refractivity contribution in [2.45, 2.75) is 19.8 Å². The van der Waals surface area contributed by atoms with Crippen LogP contribution in [0, 0.1) is 0 Å². The van der Waals surface area contributed by atoms with E-state index in [4.69, 9.17) is 0 Å². The molecule has 17 heavy (non-hydrogen) atoms. The highest BCUT2D eigenvalue weighted by Gasteiger charge is 2.26. The van der Waals surface area contributed by atoms with Gasteiger partial charge in [0.05, 0.1) is 18.8 Å². The van der Waals surface area contributed by atoms with Crippen LogP contribution in [-0.2, 0) is 9.59 Å². The van der Waals surface area contributed by atoms with E-state index in [2.05, 4.69) is 19.2 Å². The van der Waals surface area contributed by atoms with Crippen molar-refractivity contribution >= 4 is 17.5 Å². The quantitative estimate of drug-likeness (QED) is 0.781. The standard InChI is InChI=1S/C13H16N2O2/c1-9(2)10-3-5-11(6-4-10)15-12(16)7-14-8-13(15)17/h3-6,9,14H,7-8H2,1-2H3. The number of carbonyl (C=O) groups is 2. The molecule has 2 amide bonds. The maximum absolute atomic E-state index is 11.7. The number of carbonyl (C=O) groups excluding carboxylic acids is 2. The molecule has 0 saturated carbocycles. The summed E-state index contributed by atoms with van der Waals surface area (Å²) in [6.45, 7) is 4.65. The van der Waals surface area contributed by atoms with E-state index in [-0.39, 0.29) is 24.9 Å². The smallest absolute Gasteiger partial charge is 0.247 e. The van der Waals surface area contributed by atoms with E-state index < -0.39 is 0 Å². The molecule has 1 saturated heterocycles. The lowest BCUT2D eigenvalue weighted by molar-refractivity contribution is -0.127. The molecule has 1 heterocycles. The van der Waals surface area contributed by atoms with Gasteiger partial charge >= 0.3 is 0 Å². The number of amides is 2. The first-order valence-electron chi connectivity index (χ1n) is 5.76. The molecular weight excluding hydrogens is 216 g/mol. The number of anilines is 1. The van der Waals surface area contributed by atoms with Crippen LogP contribution in [0.5, 0.6) is 0 Å². The average Bonchev–Trinajstić information content (AvgIpc) is 2.29. The Labute approximate surface area is 101 Å². The van der Waals surface area contributed by atoms with Crippen LogP contribution in [-0.4, -0.2) is 24.9 Å². The van der Waals surface area contributed by atoms with Gasteiger partial charge in [0.25, 0.3) is 0 Å². The maximum atomic E-state index is 11.7. The van der Waals surface area contributed by atoms with Gasteiger partial charge in [-0.05, 0) is 23.6 Å². The molecule has 0 unspecified atom stereocenters. The van der Waals surface area contributed by atoms with Crippen molar-refractivity contribution in [3.8, 4) is 0 Å². The fraction of sp³-hybridized carbons (Fsp3) is 0.385. The molecule has 2 rings (SSSR count). The molecule has 1 aromatic rings. The zero-order chi connectivity index (χ0) is 12.4. The molecule has 0 bridgehead atoms. The molecule has 90 valence electrons. The number of piperazine rings is 1. The van der Waals surface area contributed by atoms with Crippen molar-refractivity contribution in [3.05, 3.63) is 29.8 Å². The molecule has 4 nitrogen and oxygen atoms in total. The minimum atomic E-state index is -0.196. The number of benzene rings is 1. The summed E-state index contributed by atoms with van der Waals surface area (Å²) < 4.78 is 0. The number of nitrogens with one attached hydrogen (secondary N) is 1. The van der Waals surface area contributed by atoms with Gasteiger partial charge < -0.3 is 0 Å². The third kappa shape index (κ3) is 2.36. The van der Waals surface area contributed by atoms with Crippen molar-refractivity contribution in [2.24, 2.45) is 0 Å². The molecule has 1 aliphatic heterocycles. The largest absolute Gasteiger partial charge is 0.300 e. The summed E-state index contributed by atoms with van der Waals surface area (Å²) >= 11 is 0.